The Labute approximate surface area is 165 Å². The summed E-state index contributed by atoms with van der Waals surface area (Å²) in [5.74, 6) is -46.5. The van der Waals surface area contributed by atoms with Crippen LogP contribution in [0.3, 0.4) is 0 Å². The summed E-state index contributed by atoms with van der Waals surface area (Å²) in [6, 6.07) is 0. The minimum atomic E-state index is -8.28. The van der Waals surface area contributed by atoms with E-state index in [1.54, 1.807) is 0 Å². The molecule has 0 atom stereocenters. The summed E-state index contributed by atoms with van der Waals surface area (Å²) in [6.45, 7) is -0.727. The minimum absolute atomic E-state index is 0.418. The van der Waals surface area contributed by atoms with Crippen LogP contribution in [0.4, 0.5) is 65.9 Å². The molecule has 0 unspecified atom stereocenters. The van der Waals surface area contributed by atoms with Crippen molar-refractivity contribution < 1.29 is 71.0 Å². The lowest BCUT2D eigenvalue weighted by Gasteiger charge is -2.41. The van der Waals surface area contributed by atoms with Crippen molar-refractivity contribution in [3.8, 4) is 0 Å². The van der Waals surface area contributed by atoms with Crippen LogP contribution < -0.4 is 0 Å². The number of halogens is 16. The molecule has 1 nitrogen and oxygen atoms in total. The summed E-state index contributed by atoms with van der Waals surface area (Å²) < 4.78 is 193. The van der Waals surface area contributed by atoms with Gasteiger partial charge in [0.15, 0.2) is 0 Å². The monoisotopic (exact) mass is 580 g/mol. The molecule has 0 saturated carbocycles. The van der Waals surface area contributed by atoms with Gasteiger partial charge in [0.05, 0.1) is 0 Å². The van der Waals surface area contributed by atoms with E-state index in [1.165, 1.54) is 0 Å². The van der Waals surface area contributed by atoms with Gasteiger partial charge >= 0.3 is 41.7 Å². The zero-order chi connectivity index (χ0) is 23.9. The van der Waals surface area contributed by atoms with E-state index in [0.717, 1.165) is 22.6 Å². The molecule has 0 amide bonds. The van der Waals surface area contributed by atoms with E-state index in [9.17, 15) is 65.9 Å². The Hall–Kier alpha value is -0.620. The predicted octanol–water partition coefficient (Wildman–Crippen LogP) is 6.45. The third kappa shape index (κ3) is 4.53. The zero-order valence-corrected chi connectivity index (χ0v) is 15.4. The normalized spacial score (nSPS) is 16.4. The molecule has 0 aromatic carbocycles. The van der Waals surface area contributed by atoms with Crippen LogP contribution in [0.25, 0.3) is 0 Å². The molecule has 0 fully saturated rings. The Morgan fingerprint density at radius 3 is 1.31 bits per heavy atom. The van der Waals surface area contributed by atoms with Crippen LogP contribution in [0.5, 0.6) is 0 Å². The van der Waals surface area contributed by atoms with E-state index in [1.807, 2.05) is 0 Å². The summed E-state index contributed by atoms with van der Waals surface area (Å²) >= 11 is 0.806. The molecule has 17 heteroatoms. The maximum Gasteiger partial charge on any atom is 0.460 e. The van der Waals surface area contributed by atoms with Crippen LogP contribution >= 0.6 is 22.6 Å². The summed E-state index contributed by atoms with van der Waals surface area (Å²) in [7, 11) is 0. The third-order valence-corrected chi connectivity index (χ3v) is 4.11. The smallest absolute Gasteiger partial charge is 0.396 e. The lowest BCUT2D eigenvalue weighted by molar-refractivity contribution is -0.449. The Balaban J connectivity index is 6.43. The van der Waals surface area contributed by atoms with E-state index in [2.05, 4.69) is 0 Å². The lowest BCUT2D eigenvalue weighted by Crippen LogP contribution is -2.72. The van der Waals surface area contributed by atoms with Crippen molar-refractivity contribution in [2.24, 2.45) is 0 Å². The number of rotatable bonds is 9. The molecule has 0 aliphatic heterocycles. The first-order valence-corrected chi connectivity index (χ1v) is 7.85. The van der Waals surface area contributed by atoms with Gasteiger partial charge in [-0.2, -0.15) is 65.9 Å². The third-order valence-electron chi connectivity index (χ3n) is 3.26. The first-order valence-electron chi connectivity index (χ1n) is 6.77. The van der Waals surface area contributed by atoms with Gasteiger partial charge in [0.2, 0.25) is 0 Å². The Bertz CT molecular complexity index is 607. The molecule has 0 rings (SSSR count). The van der Waals surface area contributed by atoms with Crippen molar-refractivity contribution in [2.45, 2.75) is 54.6 Å². The van der Waals surface area contributed by atoms with Crippen molar-refractivity contribution in [2.75, 3.05) is 6.61 Å². The van der Waals surface area contributed by atoms with Gasteiger partial charge in [0, 0.05) is 12.7 Å². The van der Waals surface area contributed by atoms with Crippen LogP contribution in [0.1, 0.15) is 12.8 Å². The van der Waals surface area contributed by atoms with E-state index >= 15 is 0 Å². The summed E-state index contributed by atoms with van der Waals surface area (Å²) in [4.78, 5) is 0. The second kappa shape index (κ2) is 8.14. The van der Waals surface area contributed by atoms with Crippen LogP contribution in [0.2, 0.25) is 0 Å². The molecule has 0 aromatic heterocycles. The highest BCUT2D eigenvalue weighted by atomic mass is 127. The number of hydrogen-bond acceptors (Lipinski definition) is 1. The van der Waals surface area contributed by atoms with E-state index in [-0.39, 0.29) is 0 Å². The fourth-order valence-electron chi connectivity index (χ4n) is 1.59. The van der Waals surface area contributed by atoms with Crippen molar-refractivity contribution >= 4 is 22.6 Å². The Kier molecular flexibility index (Phi) is 7.97. The summed E-state index contributed by atoms with van der Waals surface area (Å²) in [5.41, 5.74) is 0. The van der Waals surface area contributed by atoms with Crippen LogP contribution in [-0.4, -0.2) is 53.4 Å². The van der Waals surface area contributed by atoms with Crippen molar-refractivity contribution in [3.05, 3.63) is 9.66 Å². The highest BCUT2D eigenvalue weighted by Crippen LogP contribution is 2.62. The minimum Gasteiger partial charge on any atom is -0.396 e. The summed E-state index contributed by atoms with van der Waals surface area (Å²) in [5, 5.41) is 8.41. The molecule has 0 aliphatic carbocycles. The average Bonchev–Trinajstić information content (AvgIpc) is 2.50. The molecule has 174 valence electrons. The summed E-state index contributed by atoms with van der Waals surface area (Å²) in [6.07, 6.45) is -9.83. The highest BCUT2D eigenvalue weighted by molar-refractivity contribution is 14.1. The Morgan fingerprint density at radius 2 is 0.966 bits per heavy atom. The van der Waals surface area contributed by atoms with Crippen LogP contribution in [-0.2, 0) is 0 Å². The number of alkyl halides is 15. The maximum atomic E-state index is 13.5. The van der Waals surface area contributed by atoms with Crippen LogP contribution in [0, 0.1) is 0 Å². The Morgan fingerprint density at radius 1 is 0.621 bits per heavy atom. The second-order valence-electron chi connectivity index (χ2n) is 5.41. The molecular weight excluding hydrogens is 572 g/mol. The van der Waals surface area contributed by atoms with Gasteiger partial charge in [-0.05, 0) is 39.0 Å². The van der Waals surface area contributed by atoms with Crippen molar-refractivity contribution in [1.29, 1.82) is 0 Å². The second-order valence-corrected chi connectivity index (χ2v) is 6.80. The molecule has 0 spiro atoms. The number of aliphatic hydroxyl groups is 1. The lowest BCUT2D eigenvalue weighted by atomic mass is 9.91. The molecule has 1 N–H and O–H groups in total. The first kappa shape index (κ1) is 28.4. The average molecular weight is 580 g/mol. The quantitative estimate of drug-likeness (QED) is 0.246. The number of aliphatic hydroxyl groups excluding tert-OH is 1. The van der Waals surface area contributed by atoms with Gasteiger partial charge in [0.25, 0.3) is 0 Å². The van der Waals surface area contributed by atoms with Gasteiger partial charge in [-0.15, -0.1) is 0 Å². The molecular formula is C12H8F15IO. The van der Waals surface area contributed by atoms with E-state index < -0.39 is 70.8 Å². The fourth-order valence-corrected chi connectivity index (χ4v) is 2.36. The van der Waals surface area contributed by atoms with Crippen LogP contribution in [0.15, 0.2) is 9.66 Å². The largest absolute Gasteiger partial charge is 0.460 e. The van der Waals surface area contributed by atoms with Gasteiger partial charge < -0.3 is 5.11 Å². The molecule has 0 aliphatic rings. The van der Waals surface area contributed by atoms with E-state index in [4.69, 9.17) is 5.11 Å². The SMILES string of the molecule is OCCCC(I)=CC(F)(F)C(F)(F)C(F)(F)C(F)(F)C(F)(F)C(F)(F)C(F)(F)F. The molecule has 0 radical (unpaired) electrons. The molecule has 0 heterocycles. The van der Waals surface area contributed by atoms with Gasteiger partial charge in [-0.25, -0.2) is 0 Å². The van der Waals surface area contributed by atoms with Gasteiger partial charge in [-0.1, -0.05) is 0 Å². The maximum absolute atomic E-state index is 13.5. The standard InChI is InChI=1S/C12H8F15IO/c13-6(14,4-5(28)2-1-3-29)7(15,16)8(17,18)9(19,20)10(21,22)11(23,24)12(25,26)27/h4,29H,1-3H2. The number of allylic oxidation sites excluding steroid dienone is 2. The molecule has 0 bridgehead atoms. The first-order chi connectivity index (χ1) is 12.5. The van der Waals surface area contributed by atoms with Gasteiger partial charge in [0.1, 0.15) is 0 Å². The van der Waals surface area contributed by atoms with Crippen molar-refractivity contribution in [1.82, 2.24) is 0 Å². The van der Waals surface area contributed by atoms with E-state index in [0.29, 0.717) is 0 Å². The molecule has 29 heavy (non-hydrogen) atoms. The number of hydrogen-bond donors (Lipinski definition) is 1. The highest BCUT2D eigenvalue weighted by Gasteiger charge is 2.93. The molecule has 0 aromatic rings. The topological polar surface area (TPSA) is 20.2 Å². The van der Waals surface area contributed by atoms with Gasteiger partial charge in [-0.3, -0.25) is 0 Å². The fraction of sp³-hybridized carbons (Fsp3) is 0.833. The predicted molar refractivity (Wildman–Crippen MR) is 74.2 cm³/mol. The zero-order valence-electron chi connectivity index (χ0n) is 13.2. The van der Waals surface area contributed by atoms with Crippen molar-refractivity contribution in [3.63, 3.8) is 0 Å². The molecule has 0 saturated heterocycles.